The highest BCUT2D eigenvalue weighted by Crippen LogP contribution is 2.69. The minimum absolute atomic E-state index is 0.00389. The molecule has 0 saturated heterocycles. The van der Waals surface area contributed by atoms with Crippen LogP contribution in [-0.4, -0.2) is 11.2 Å². The number of rotatable bonds is 3. The van der Waals surface area contributed by atoms with Crippen LogP contribution in [0.2, 0.25) is 0 Å². The third-order valence-electron chi connectivity index (χ3n) is 9.55. The van der Waals surface area contributed by atoms with Crippen LogP contribution in [0.25, 0.3) is 0 Å². The first-order valence-electron chi connectivity index (χ1n) is 11.7. The summed E-state index contributed by atoms with van der Waals surface area (Å²) in [4.78, 5) is 13.4. The first-order chi connectivity index (χ1) is 12.4. The Morgan fingerprint density at radius 1 is 0.536 bits per heavy atom. The molecular formula is C26H50O2. The first kappa shape index (κ1) is 24.2. The Kier molecular flexibility index (Phi) is 6.03. The fraction of sp³-hybridized carbons (Fsp3) is 1.00. The van der Waals surface area contributed by atoms with Crippen molar-refractivity contribution in [2.75, 3.05) is 0 Å². The van der Waals surface area contributed by atoms with Gasteiger partial charge in [-0.25, -0.2) is 9.78 Å². The van der Waals surface area contributed by atoms with E-state index in [1.165, 1.54) is 38.5 Å². The van der Waals surface area contributed by atoms with E-state index in [0.717, 1.165) is 6.42 Å². The van der Waals surface area contributed by atoms with Gasteiger partial charge in [0.05, 0.1) is 0 Å². The fourth-order valence-electron chi connectivity index (χ4n) is 7.30. The van der Waals surface area contributed by atoms with Crippen LogP contribution in [0, 0.1) is 27.1 Å². The van der Waals surface area contributed by atoms with Crippen LogP contribution in [0.3, 0.4) is 0 Å². The zero-order valence-electron chi connectivity index (χ0n) is 21.3. The minimum Gasteiger partial charge on any atom is -0.229 e. The molecular weight excluding hydrogens is 344 g/mol. The largest absolute Gasteiger partial charge is 0.229 e. The van der Waals surface area contributed by atoms with E-state index in [2.05, 4.69) is 83.1 Å². The van der Waals surface area contributed by atoms with Gasteiger partial charge in [-0.2, -0.15) is 0 Å². The fourth-order valence-corrected chi connectivity index (χ4v) is 7.30. The van der Waals surface area contributed by atoms with Crippen LogP contribution < -0.4 is 0 Å². The highest BCUT2D eigenvalue weighted by atomic mass is 17.2. The van der Waals surface area contributed by atoms with Crippen LogP contribution in [-0.2, 0) is 9.78 Å². The molecule has 0 N–H and O–H groups in total. The molecule has 2 nitrogen and oxygen atoms in total. The standard InChI is InChI=1S/C26H50O2/c1-20(2,3)26(21(4,5)6)19-15-17-23(9,10)25(26,12)28-27-24(11)18-14-13-16-22(24,7)8/h13-19H2,1-12H3. The molecule has 2 fully saturated rings. The molecule has 2 heteroatoms. The van der Waals surface area contributed by atoms with Gasteiger partial charge in [0.15, 0.2) is 0 Å². The molecule has 0 bridgehead atoms. The van der Waals surface area contributed by atoms with Crippen molar-refractivity contribution < 1.29 is 9.78 Å². The van der Waals surface area contributed by atoms with Crippen molar-refractivity contribution >= 4 is 0 Å². The zero-order chi connectivity index (χ0) is 21.9. The van der Waals surface area contributed by atoms with E-state index in [1.807, 2.05) is 0 Å². The second-order valence-electron chi connectivity index (χ2n) is 13.7. The Bertz CT molecular complexity index is 546. The highest BCUT2D eigenvalue weighted by Gasteiger charge is 2.69. The lowest BCUT2D eigenvalue weighted by Crippen LogP contribution is -2.69. The molecule has 2 unspecified atom stereocenters. The Morgan fingerprint density at radius 2 is 1.00 bits per heavy atom. The highest BCUT2D eigenvalue weighted by molar-refractivity contribution is 5.16. The summed E-state index contributed by atoms with van der Waals surface area (Å²) in [5, 5.41) is 0. The Labute approximate surface area is 176 Å². The van der Waals surface area contributed by atoms with Gasteiger partial charge >= 0.3 is 0 Å². The molecule has 0 radical (unpaired) electrons. The van der Waals surface area contributed by atoms with Gasteiger partial charge in [-0.1, -0.05) is 88.5 Å². The molecule has 0 heterocycles. The minimum atomic E-state index is -0.370. The average Bonchev–Trinajstić information content (AvgIpc) is 2.49. The molecule has 166 valence electrons. The summed E-state index contributed by atoms with van der Waals surface area (Å²) in [6.45, 7) is 28.6. The summed E-state index contributed by atoms with van der Waals surface area (Å²) in [6, 6.07) is 0. The quantitative estimate of drug-likeness (QED) is 0.354. The van der Waals surface area contributed by atoms with Crippen LogP contribution in [0.1, 0.15) is 128 Å². The third kappa shape index (κ3) is 3.39. The molecule has 0 aromatic rings. The van der Waals surface area contributed by atoms with Gasteiger partial charge in [0.2, 0.25) is 0 Å². The summed E-state index contributed by atoms with van der Waals surface area (Å²) in [6.07, 6.45) is 8.43. The molecule has 28 heavy (non-hydrogen) atoms. The van der Waals surface area contributed by atoms with E-state index in [4.69, 9.17) is 9.78 Å². The van der Waals surface area contributed by atoms with Crippen LogP contribution in [0.5, 0.6) is 0 Å². The predicted molar refractivity (Wildman–Crippen MR) is 120 cm³/mol. The lowest BCUT2D eigenvalue weighted by Gasteiger charge is -2.69. The van der Waals surface area contributed by atoms with Crippen molar-refractivity contribution in [1.29, 1.82) is 0 Å². The monoisotopic (exact) mass is 394 g/mol. The molecule has 2 rings (SSSR count). The lowest BCUT2D eigenvalue weighted by atomic mass is 9.39. The van der Waals surface area contributed by atoms with Gasteiger partial charge in [-0.05, 0) is 61.2 Å². The van der Waals surface area contributed by atoms with Gasteiger partial charge < -0.3 is 0 Å². The summed E-state index contributed by atoms with van der Waals surface area (Å²) >= 11 is 0. The van der Waals surface area contributed by atoms with E-state index >= 15 is 0 Å². The Morgan fingerprint density at radius 3 is 1.46 bits per heavy atom. The van der Waals surface area contributed by atoms with Gasteiger partial charge in [0.1, 0.15) is 11.2 Å². The van der Waals surface area contributed by atoms with Crippen molar-refractivity contribution in [3.8, 4) is 0 Å². The molecule has 2 saturated carbocycles. The predicted octanol–water partition coefficient (Wildman–Crippen LogP) is 8.34. The van der Waals surface area contributed by atoms with E-state index < -0.39 is 0 Å². The van der Waals surface area contributed by atoms with E-state index in [0.29, 0.717) is 0 Å². The smallest absolute Gasteiger partial charge is 0.112 e. The Hall–Kier alpha value is -0.0800. The topological polar surface area (TPSA) is 18.5 Å². The second-order valence-corrected chi connectivity index (χ2v) is 13.7. The van der Waals surface area contributed by atoms with Crippen molar-refractivity contribution in [3.05, 3.63) is 0 Å². The van der Waals surface area contributed by atoms with Crippen molar-refractivity contribution in [3.63, 3.8) is 0 Å². The summed E-state index contributed by atoms with van der Waals surface area (Å²) in [5.41, 5.74) is -0.222. The molecule has 0 spiro atoms. The third-order valence-corrected chi connectivity index (χ3v) is 9.55. The number of hydrogen-bond donors (Lipinski definition) is 0. The first-order valence-corrected chi connectivity index (χ1v) is 11.7. The van der Waals surface area contributed by atoms with Crippen molar-refractivity contribution in [2.45, 2.75) is 139 Å². The summed E-state index contributed by atoms with van der Waals surface area (Å²) in [7, 11) is 0. The maximum Gasteiger partial charge on any atom is 0.112 e. The molecule has 0 aromatic carbocycles. The maximum absolute atomic E-state index is 6.83. The maximum atomic E-state index is 6.83. The summed E-state index contributed by atoms with van der Waals surface area (Å²) < 4.78 is 0. The van der Waals surface area contributed by atoms with E-state index in [1.54, 1.807) is 0 Å². The Balaban J connectivity index is 2.54. The van der Waals surface area contributed by atoms with Crippen LogP contribution >= 0.6 is 0 Å². The average molecular weight is 395 g/mol. The van der Waals surface area contributed by atoms with Crippen molar-refractivity contribution in [2.24, 2.45) is 27.1 Å². The van der Waals surface area contributed by atoms with Crippen LogP contribution in [0.15, 0.2) is 0 Å². The van der Waals surface area contributed by atoms with E-state index in [9.17, 15) is 0 Å². The van der Waals surface area contributed by atoms with Gasteiger partial charge in [-0.15, -0.1) is 0 Å². The molecule has 2 aliphatic carbocycles. The zero-order valence-corrected chi connectivity index (χ0v) is 21.3. The summed E-state index contributed by atoms with van der Waals surface area (Å²) in [5.74, 6) is 0. The molecule has 2 atom stereocenters. The lowest BCUT2D eigenvalue weighted by molar-refractivity contribution is -0.480. The van der Waals surface area contributed by atoms with Crippen LogP contribution in [0.4, 0.5) is 0 Å². The van der Waals surface area contributed by atoms with Gasteiger partial charge in [0, 0.05) is 5.41 Å². The molecule has 0 aromatic heterocycles. The molecule has 0 amide bonds. The van der Waals surface area contributed by atoms with Gasteiger partial charge in [0.25, 0.3) is 0 Å². The number of hydrogen-bond acceptors (Lipinski definition) is 2. The second kappa shape index (κ2) is 6.98. The van der Waals surface area contributed by atoms with Crippen molar-refractivity contribution in [1.82, 2.24) is 0 Å². The molecule has 2 aliphatic rings. The van der Waals surface area contributed by atoms with E-state index in [-0.39, 0.29) is 38.3 Å². The normalized spacial score (nSPS) is 35.6. The molecule has 0 aliphatic heterocycles. The SMILES string of the molecule is CC(C)(C)C1(C(C)(C)C)CCCC(C)(C)C1(C)OOC1(C)CCCCC1(C)C. The van der Waals surface area contributed by atoms with Gasteiger partial charge in [-0.3, -0.25) is 0 Å².